The molecule has 0 radical (unpaired) electrons. The molecule has 2 aromatic rings. The van der Waals surface area contributed by atoms with Gasteiger partial charge in [-0.05, 0) is 30.3 Å². The van der Waals surface area contributed by atoms with Gasteiger partial charge < -0.3 is 9.64 Å². The van der Waals surface area contributed by atoms with Gasteiger partial charge in [-0.1, -0.05) is 17.7 Å². The number of carbonyl (C=O) groups excluding carboxylic acids is 1. The minimum absolute atomic E-state index is 0.0761. The molecule has 20 heavy (non-hydrogen) atoms. The molecule has 0 unspecified atom stereocenters. The van der Waals surface area contributed by atoms with Crippen LogP contribution in [0.2, 0.25) is 5.02 Å². The van der Waals surface area contributed by atoms with Crippen molar-refractivity contribution in [3.8, 4) is 5.75 Å². The highest BCUT2D eigenvalue weighted by Crippen LogP contribution is 2.16. The average Bonchev–Trinajstić information content (AvgIpc) is 2.47. The fourth-order valence-corrected chi connectivity index (χ4v) is 1.85. The summed E-state index contributed by atoms with van der Waals surface area (Å²) in [5.41, 5.74) is 0.567. The average molecular weight is 291 g/mol. The first-order chi connectivity index (χ1) is 9.66. The molecule has 5 heteroatoms. The Balaban J connectivity index is 1.83. The molecule has 0 aliphatic carbocycles. The van der Waals surface area contributed by atoms with Gasteiger partial charge in [0.25, 0.3) is 5.91 Å². The third-order valence-corrected chi connectivity index (χ3v) is 2.98. The van der Waals surface area contributed by atoms with Crippen LogP contribution >= 0.6 is 11.6 Å². The van der Waals surface area contributed by atoms with Gasteiger partial charge in [-0.3, -0.25) is 9.78 Å². The Morgan fingerprint density at radius 2 is 2.20 bits per heavy atom. The third kappa shape index (κ3) is 3.96. The molecule has 4 nitrogen and oxygen atoms in total. The van der Waals surface area contributed by atoms with Crippen LogP contribution in [0.3, 0.4) is 0 Å². The van der Waals surface area contributed by atoms with Crippen LogP contribution in [0.5, 0.6) is 5.75 Å². The van der Waals surface area contributed by atoms with Crippen molar-refractivity contribution < 1.29 is 9.53 Å². The number of benzene rings is 1. The number of halogens is 1. The zero-order chi connectivity index (χ0) is 14.4. The Hall–Kier alpha value is -2.07. The highest BCUT2D eigenvalue weighted by Gasteiger charge is 2.11. The molecule has 0 saturated carbocycles. The number of pyridine rings is 1. The zero-order valence-corrected chi connectivity index (χ0v) is 11.9. The first-order valence-corrected chi connectivity index (χ1v) is 6.58. The zero-order valence-electron chi connectivity index (χ0n) is 11.1. The summed E-state index contributed by atoms with van der Waals surface area (Å²) in [5, 5.41) is 0.627. The fourth-order valence-electron chi connectivity index (χ4n) is 1.67. The monoisotopic (exact) mass is 290 g/mol. The molecule has 0 aliphatic heterocycles. The summed E-state index contributed by atoms with van der Waals surface area (Å²) in [7, 11) is 1.73. The maximum Gasteiger partial charge on any atom is 0.255 e. The van der Waals surface area contributed by atoms with E-state index in [4.69, 9.17) is 16.3 Å². The van der Waals surface area contributed by atoms with E-state index in [0.717, 1.165) is 0 Å². The summed E-state index contributed by atoms with van der Waals surface area (Å²) in [5.74, 6) is 0.618. The fraction of sp³-hybridized carbons (Fsp3) is 0.200. The van der Waals surface area contributed by atoms with Gasteiger partial charge in [0.1, 0.15) is 12.4 Å². The standard InChI is InChI=1S/C15H15ClN2O2/c1-18(15(19)12-4-3-7-17-11-12)8-9-20-14-6-2-5-13(16)10-14/h2-7,10-11H,8-9H2,1H3. The van der Waals surface area contributed by atoms with Crippen molar-refractivity contribution in [2.75, 3.05) is 20.2 Å². The van der Waals surface area contributed by atoms with Crippen molar-refractivity contribution >= 4 is 17.5 Å². The molecule has 2 rings (SSSR count). The lowest BCUT2D eigenvalue weighted by molar-refractivity contribution is 0.0773. The largest absolute Gasteiger partial charge is 0.492 e. The van der Waals surface area contributed by atoms with E-state index in [2.05, 4.69) is 4.98 Å². The molecule has 0 fully saturated rings. The van der Waals surface area contributed by atoms with E-state index in [0.29, 0.717) is 29.5 Å². The van der Waals surface area contributed by atoms with Gasteiger partial charge in [0.05, 0.1) is 12.1 Å². The summed E-state index contributed by atoms with van der Waals surface area (Å²) in [4.78, 5) is 17.6. The van der Waals surface area contributed by atoms with Gasteiger partial charge in [0.2, 0.25) is 0 Å². The molecule has 0 spiro atoms. The highest BCUT2D eigenvalue weighted by atomic mass is 35.5. The van der Waals surface area contributed by atoms with Crippen molar-refractivity contribution in [3.63, 3.8) is 0 Å². The van der Waals surface area contributed by atoms with Crippen molar-refractivity contribution in [2.24, 2.45) is 0 Å². The molecule has 1 amide bonds. The number of rotatable bonds is 5. The third-order valence-electron chi connectivity index (χ3n) is 2.75. The number of hydrogen-bond donors (Lipinski definition) is 0. The Morgan fingerprint density at radius 1 is 1.35 bits per heavy atom. The van der Waals surface area contributed by atoms with E-state index < -0.39 is 0 Å². The molecule has 0 saturated heterocycles. The van der Waals surface area contributed by atoms with Crippen LogP contribution in [0.25, 0.3) is 0 Å². The second-order valence-corrected chi connectivity index (χ2v) is 4.71. The second-order valence-electron chi connectivity index (χ2n) is 4.27. The topological polar surface area (TPSA) is 42.4 Å². The van der Waals surface area contributed by atoms with Crippen LogP contribution in [-0.2, 0) is 0 Å². The molecule has 104 valence electrons. The molecule has 0 N–H and O–H groups in total. The van der Waals surface area contributed by atoms with Gasteiger partial charge in [-0.25, -0.2) is 0 Å². The maximum absolute atomic E-state index is 12.1. The number of amides is 1. The Labute approximate surface area is 123 Å². The quantitative estimate of drug-likeness (QED) is 0.850. The SMILES string of the molecule is CN(CCOc1cccc(Cl)c1)C(=O)c1cccnc1. The normalized spacial score (nSPS) is 10.1. The predicted octanol–water partition coefficient (Wildman–Crippen LogP) is 2.89. The minimum atomic E-state index is -0.0761. The Kier molecular flexibility index (Phi) is 4.96. The lowest BCUT2D eigenvalue weighted by atomic mass is 10.2. The number of hydrogen-bond acceptors (Lipinski definition) is 3. The van der Waals surface area contributed by atoms with Gasteiger partial charge in [0, 0.05) is 24.5 Å². The van der Waals surface area contributed by atoms with Crippen LogP contribution < -0.4 is 4.74 Å². The Bertz CT molecular complexity index is 575. The smallest absolute Gasteiger partial charge is 0.255 e. The van der Waals surface area contributed by atoms with Crippen LogP contribution in [0.1, 0.15) is 10.4 Å². The molecular formula is C15H15ClN2O2. The van der Waals surface area contributed by atoms with E-state index in [9.17, 15) is 4.79 Å². The molecule has 1 aromatic heterocycles. The van der Waals surface area contributed by atoms with Crippen molar-refractivity contribution in [2.45, 2.75) is 0 Å². The van der Waals surface area contributed by atoms with Crippen molar-refractivity contribution in [3.05, 3.63) is 59.4 Å². The summed E-state index contributed by atoms with van der Waals surface area (Å²) < 4.78 is 5.55. The molecule has 1 aromatic carbocycles. The number of carbonyl (C=O) groups is 1. The maximum atomic E-state index is 12.1. The lowest BCUT2D eigenvalue weighted by Gasteiger charge is -2.17. The van der Waals surface area contributed by atoms with Gasteiger partial charge in [0.15, 0.2) is 0 Å². The van der Waals surface area contributed by atoms with E-state index in [1.807, 2.05) is 12.1 Å². The van der Waals surface area contributed by atoms with Crippen LogP contribution in [0.4, 0.5) is 0 Å². The van der Waals surface area contributed by atoms with Gasteiger partial charge in [-0.15, -0.1) is 0 Å². The Morgan fingerprint density at radius 3 is 2.90 bits per heavy atom. The lowest BCUT2D eigenvalue weighted by Crippen LogP contribution is -2.30. The molecule has 0 bridgehead atoms. The van der Waals surface area contributed by atoms with E-state index >= 15 is 0 Å². The van der Waals surface area contributed by atoms with E-state index in [-0.39, 0.29) is 5.91 Å². The summed E-state index contributed by atoms with van der Waals surface area (Å²) >= 11 is 5.87. The van der Waals surface area contributed by atoms with Gasteiger partial charge >= 0.3 is 0 Å². The summed E-state index contributed by atoms with van der Waals surface area (Å²) in [6.07, 6.45) is 3.19. The first-order valence-electron chi connectivity index (χ1n) is 6.20. The van der Waals surface area contributed by atoms with Crippen LogP contribution in [0.15, 0.2) is 48.8 Å². The van der Waals surface area contributed by atoms with Crippen molar-refractivity contribution in [1.82, 2.24) is 9.88 Å². The highest BCUT2D eigenvalue weighted by molar-refractivity contribution is 6.30. The predicted molar refractivity (Wildman–Crippen MR) is 78.1 cm³/mol. The molecule has 1 heterocycles. The number of aromatic nitrogens is 1. The number of nitrogens with zero attached hydrogens (tertiary/aromatic N) is 2. The van der Waals surface area contributed by atoms with Crippen LogP contribution in [-0.4, -0.2) is 36.0 Å². The van der Waals surface area contributed by atoms with E-state index in [1.54, 1.807) is 48.6 Å². The molecule has 0 aliphatic rings. The molecule has 0 atom stereocenters. The van der Waals surface area contributed by atoms with Gasteiger partial charge in [-0.2, -0.15) is 0 Å². The van der Waals surface area contributed by atoms with Crippen LogP contribution in [0, 0.1) is 0 Å². The second kappa shape index (κ2) is 6.91. The molecular weight excluding hydrogens is 276 g/mol. The minimum Gasteiger partial charge on any atom is -0.492 e. The first kappa shape index (κ1) is 14.3. The number of likely N-dealkylation sites (N-methyl/N-ethyl adjacent to an activating group) is 1. The summed E-state index contributed by atoms with van der Waals surface area (Å²) in [6.45, 7) is 0.892. The summed E-state index contributed by atoms with van der Waals surface area (Å²) in [6, 6.07) is 10.7. The van der Waals surface area contributed by atoms with Crippen molar-refractivity contribution in [1.29, 1.82) is 0 Å². The number of ether oxygens (including phenoxy) is 1. The van der Waals surface area contributed by atoms with E-state index in [1.165, 1.54) is 0 Å².